The first-order chi connectivity index (χ1) is 8.08. The minimum absolute atomic E-state index is 0.786. The highest BCUT2D eigenvalue weighted by Crippen LogP contribution is 2.23. The van der Waals surface area contributed by atoms with Gasteiger partial charge in [0.25, 0.3) is 0 Å². The molecule has 0 bridgehead atoms. The zero-order chi connectivity index (χ0) is 12.4. The maximum absolute atomic E-state index is 5.30. The highest BCUT2D eigenvalue weighted by Gasteiger charge is 2.09. The summed E-state index contributed by atoms with van der Waals surface area (Å²) in [6.07, 6.45) is 0. The van der Waals surface area contributed by atoms with Crippen LogP contribution in [-0.4, -0.2) is 29.0 Å². The first-order valence-corrected chi connectivity index (χ1v) is 6.61. The number of thiazole rings is 1. The summed E-state index contributed by atoms with van der Waals surface area (Å²) < 4.78 is 0. The molecule has 2 aromatic rings. The van der Waals surface area contributed by atoms with Crippen molar-refractivity contribution in [3.63, 3.8) is 0 Å². The summed E-state index contributed by atoms with van der Waals surface area (Å²) >= 11 is 6.89. The quantitative estimate of drug-likeness (QED) is 0.772. The second kappa shape index (κ2) is 4.94. The van der Waals surface area contributed by atoms with Gasteiger partial charge in [-0.15, -0.1) is 11.3 Å². The molecule has 0 amide bonds. The summed E-state index contributed by atoms with van der Waals surface area (Å²) in [4.78, 5) is 7.26. The topological polar surface area (TPSA) is 16.1 Å². The lowest BCUT2D eigenvalue weighted by Gasteiger charge is -2.10. The minimum atomic E-state index is 0.786. The van der Waals surface area contributed by atoms with Gasteiger partial charge in [0.2, 0.25) is 0 Å². The normalized spacial score (nSPS) is 10.3. The summed E-state index contributed by atoms with van der Waals surface area (Å²) in [7, 11) is 3.88. The van der Waals surface area contributed by atoms with Crippen LogP contribution in [0, 0.1) is 6.92 Å². The van der Waals surface area contributed by atoms with Crippen LogP contribution >= 0.6 is 23.6 Å². The largest absolute Gasteiger partial charge is 0.366 e. The maximum Gasteiger partial charge on any atom is 0.151 e. The number of hydrogen-bond donors (Lipinski definition) is 0. The molecule has 2 rings (SSSR count). The highest BCUT2D eigenvalue weighted by molar-refractivity contribution is 7.81. The van der Waals surface area contributed by atoms with Gasteiger partial charge in [0.15, 0.2) is 5.01 Å². The molecule has 0 saturated carbocycles. The third-order valence-electron chi connectivity index (χ3n) is 2.44. The lowest BCUT2D eigenvalue weighted by molar-refractivity contribution is 0.636. The van der Waals surface area contributed by atoms with E-state index in [1.165, 1.54) is 5.56 Å². The van der Waals surface area contributed by atoms with Gasteiger partial charge in [-0.1, -0.05) is 42.0 Å². The van der Waals surface area contributed by atoms with Gasteiger partial charge in [0.1, 0.15) is 4.99 Å². The molecule has 1 heterocycles. The van der Waals surface area contributed by atoms with Gasteiger partial charge in [0, 0.05) is 25.0 Å². The summed E-state index contributed by atoms with van der Waals surface area (Å²) in [5.74, 6) is 0. The average Bonchev–Trinajstić information content (AvgIpc) is 2.78. The van der Waals surface area contributed by atoms with Gasteiger partial charge in [-0.25, -0.2) is 4.98 Å². The smallest absolute Gasteiger partial charge is 0.151 e. The van der Waals surface area contributed by atoms with E-state index in [4.69, 9.17) is 12.2 Å². The van der Waals surface area contributed by atoms with Crippen molar-refractivity contribution in [1.82, 2.24) is 9.88 Å². The Kier molecular flexibility index (Phi) is 3.54. The third-order valence-corrected chi connectivity index (χ3v) is 3.98. The number of hydrogen-bond acceptors (Lipinski definition) is 3. The van der Waals surface area contributed by atoms with Crippen LogP contribution in [0.25, 0.3) is 11.3 Å². The summed E-state index contributed by atoms with van der Waals surface area (Å²) in [6.45, 7) is 2.08. The van der Waals surface area contributed by atoms with Crippen LogP contribution in [0.5, 0.6) is 0 Å². The molecule has 88 valence electrons. The molecule has 0 N–H and O–H groups in total. The number of aryl methyl sites for hydroxylation is 1. The fourth-order valence-corrected chi connectivity index (χ4v) is 2.46. The SMILES string of the molecule is Cc1ccc(-c2csc(C(=S)N(C)C)n2)cc1. The fourth-order valence-electron chi connectivity index (χ4n) is 1.42. The van der Waals surface area contributed by atoms with Crippen LogP contribution in [0.4, 0.5) is 0 Å². The Hall–Kier alpha value is -1.26. The van der Waals surface area contributed by atoms with Crippen LogP contribution in [0.1, 0.15) is 10.6 Å². The Labute approximate surface area is 111 Å². The molecule has 1 aromatic carbocycles. The number of nitrogens with zero attached hydrogens (tertiary/aromatic N) is 2. The van der Waals surface area contributed by atoms with Crippen LogP contribution in [-0.2, 0) is 0 Å². The van der Waals surface area contributed by atoms with Crippen LogP contribution in [0.2, 0.25) is 0 Å². The monoisotopic (exact) mass is 262 g/mol. The van der Waals surface area contributed by atoms with Gasteiger partial charge in [0.05, 0.1) is 5.69 Å². The van der Waals surface area contributed by atoms with E-state index in [1.54, 1.807) is 11.3 Å². The van der Waals surface area contributed by atoms with Crippen molar-refractivity contribution in [2.45, 2.75) is 6.92 Å². The second-order valence-corrected chi connectivity index (χ2v) is 5.35. The lowest BCUT2D eigenvalue weighted by Crippen LogP contribution is -2.20. The molecule has 0 fully saturated rings. The Bertz CT molecular complexity index is 527. The van der Waals surface area contributed by atoms with E-state index in [0.29, 0.717) is 0 Å². The molecule has 0 aliphatic heterocycles. The molecule has 0 spiro atoms. The van der Waals surface area contributed by atoms with Crippen LogP contribution in [0.3, 0.4) is 0 Å². The average molecular weight is 262 g/mol. The molecule has 2 nitrogen and oxygen atoms in total. The van der Waals surface area contributed by atoms with Crippen molar-refractivity contribution in [2.75, 3.05) is 14.1 Å². The predicted molar refractivity (Wildman–Crippen MR) is 77.7 cm³/mol. The zero-order valence-electron chi connectivity index (χ0n) is 10.1. The van der Waals surface area contributed by atoms with Crippen molar-refractivity contribution >= 4 is 28.5 Å². The van der Waals surface area contributed by atoms with E-state index in [-0.39, 0.29) is 0 Å². The number of thiocarbonyl (C=S) groups is 1. The minimum Gasteiger partial charge on any atom is -0.366 e. The molecule has 0 saturated heterocycles. The molecule has 0 aliphatic carbocycles. The molecular weight excluding hydrogens is 248 g/mol. The van der Waals surface area contributed by atoms with E-state index in [0.717, 1.165) is 21.3 Å². The number of aromatic nitrogens is 1. The first kappa shape index (κ1) is 12.2. The summed E-state index contributed by atoms with van der Waals surface area (Å²) in [6, 6.07) is 8.37. The molecule has 0 radical (unpaired) electrons. The van der Waals surface area contributed by atoms with Gasteiger partial charge >= 0.3 is 0 Å². The Morgan fingerprint density at radius 1 is 1.24 bits per heavy atom. The van der Waals surface area contributed by atoms with Crippen LogP contribution < -0.4 is 0 Å². The van der Waals surface area contributed by atoms with E-state index >= 15 is 0 Å². The van der Waals surface area contributed by atoms with Crippen molar-refractivity contribution in [1.29, 1.82) is 0 Å². The van der Waals surface area contributed by atoms with Crippen molar-refractivity contribution in [3.8, 4) is 11.3 Å². The molecule has 0 unspecified atom stereocenters. The van der Waals surface area contributed by atoms with Gasteiger partial charge in [-0.2, -0.15) is 0 Å². The fraction of sp³-hybridized carbons (Fsp3) is 0.231. The van der Waals surface area contributed by atoms with Crippen molar-refractivity contribution in [2.24, 2.45) is 0 Å². The summed E-state index contributed by atoms with van der Waals surface area (Å²) in [5, 5.41) is 2.95. The lowest BCUT2D eigenvalue weighted by atomic mass is 10.1. The molecule has 0 aliphatic rings. The van der Waals surface area contributed by atoms with E-state index in [9.17, 15) is 0 Å². The zero-order valence-corrected chi connectivity index (χ0v) is 11.7. The number of benzene rings is 1. The van der Waals surface area contributed by atoms with Crippen molar-refractivity contribution < 1.29 is 0 Å². The summed E-state index contributed by atoms with van der Waals surface area (Å²) in [5.41, 5.74) is 3.39. The van der Waals surface area contributed by atoms with Crippen LogP contribution in [0.15, 0.2) is 29.6 Å². The van der Waals surface area contributed by atoms with Crippen molar-refractivity contribution in [3.05, 3.63) is 40.2 Å². The predicted octanol–water partition coefficient (Wildman–Crippen LogP) is 3.36. The Morgan fingerprint density at radius 3 is 2.47 bits per heavy atom. The molecule has 1 aromatic heterocycles. The maximum atomic E-state index is 5.30. The Balaban J connectivity index is 2.30. The van der Waals surface area contributed by atoms with E-state index in [1.807, 2.05) is 19.0 Å². The highest BCUT2D eigenvalue weighted by atomic mass is 32.1. The third kappa shape index (κ3) is 2.70. The van der Waals surface area contributed by atoms with Gasteiger partial charge in [-0.3, -0.25) is 0 Å². The molecular formula is C13H14N2S2. The van der Waals surface area contributed by atoms with E-state index < -0.39 is 0 Å². The van der Waals surface area contributed by atoms with E-state index in [2.05, 4.69) is 41.6 Å². The standard InChI is InChI=1S/C13H14N2S2/c1-9-4-6-10(7-5-9)11-8-17-12(14-11)13(16)15(2)3/h4-8H,1-3H3. The second-order valence-electron chi connectivity index (χ2n) is 4.10. The molecule has 0 atom stereocenters. The molecule has 17 heavy (non-hydrogen) atoms. The Morgan fingerprint density at radius 2 is 1.88 bits per heavy atom. The number of rotatable bonds is 2. The first-order valence-electron chi connectivity index (χ1n) is 5.32. The van der Waals surface area contributed by atoms with Gasteiger partial charge in [-0.05, 0) is 6.92 Å². The molecule has 4 heteroatoms. The van der Waals surface area contributed by atoms with Gasteiger partial charge < -0.3 is 4.90 Å².